The molecule has 2 unspecified atom stereocenters. The summed E-state index contributed by atoms with van der Waals surface area (Å²) in [6.45, 7) is 2.57. The maximum atomic E-state index is 12.1. The lowest BCUT2D eigenvalue weighted by Crippen LogP contribution is -2.46. The van der Waals surface area contributed by atoms with Crippen LogP contribution in [0.4, 0.5) is 10.5 Å². The van der Waals surface area contributed by atoms with E-state index >= 15 is 0 Å². The second-order valence-electron chi connectivity index (χ2n) is 5.98. The molecule has 3 amide bonds. The van der Waals surface area contributed by atoms with Crippen molar-refractivity contribution in [2.75, 3.05) is 11.4 Å². The normalized spacial score (nSPS) is 23.0. The van der Waals surface area contributed by atoms with E-state index in [1.807, 2.05) is 37.3 Å². The Hall–Kier alpha value is -2.04. The van der Waals surface area contributed by atoms with Crippen LogP contribution < -0.4 is 15.5 Å². The largest absolute Gasteiger partial charge is 0.335 e. The van der Waals surface area contributed by atoms with Crippen LogP contribution in [0, 0.1) is 5.92 Å². The van der Waals surface area contributed by atoms with Crippen molar-refractivity contribution in [3.05, 3.63) is 30.3 Å². The topological polar surface area (TPSA) is 61.4 Å². The molecule has 5 heteroatoms. The summed E-state index contributed by atoms with van der Waals surface area (Å²) in [5, 5.41) is 5.87. The highest BCUT2D eigenvalue weighted by atomic mass is 16.2. The van der Waals surface area contributed by atoms with E-state index in [1.165, 1.54) is 12.8 Å². The van der Waals surface area contributed by atoms with Gasteiger partial charge in [0.05, 0.1) is 6.04 Å². The summed E-state index contributed by atoms with van der Waals surface area (Å²) < 4.78 is 0. The van der Waals surface area contributed by atoms with Crippen LogP contribution in [0.1, 0.15) is 26.2 Å². The molecule has 1 saturated carbocycles. The number of nitrogens with one attached hydrogen (secondary N) is 2. The van der Waals surface area contributed by atoms with Crippen LogP contribution in [0.3, 0.4) is 0 Å². The van der Waals surface area contributed by atoms with Gasteiger partial charge in [-0.2, -0.15) is 0 Å². The lowest BCUT2D eigenvalue weighted by Gasteiger charge is -2.18. The molecule has 0 radical (unpaired) electrons. The summed E-state index contributed by atoms with van der Waals surface area (Å²) in [4.78, 5) is 25.7. The van der Waals surface area contributed by atoms with Gasteiger partial charge >= 0.3 is 6.03 Å². The van der Waals surface area contributed by atoms with Crippen molar-refractivity contribution in [1.82, 2.24) is 10.6 Å². The van der Waals surface area contributed by atoms with E-state index in [9.17, 15) is 9.59 Å². The van der Waals surface area contributed by atoms with Gasteiger partial charge in [0.2, 0.25) is 5.91 Å². The van der Waals surface area contributed by atoms with Crippen molar-refractivity contribution in [1.29, 1.82) is 0 Å². The van der Waals surface area contributed by atoms with Gasteiger partial charge in [0, 0.05) is 24.7 Å². The molecule has 2 N–H and O–H groups in total. The minimum Gasteiger partial charge on any atom is -0.335 e. The van der Waals surface area contributed by atoms with Crippen molar-refractivity contribution in [3.63, 3.8) is 0 Å². The average Bonchev–Trinajstić information content (AvgIpc) is 3.24. The van der Waals surface area contributed by atoms with Crippen LogP contribution in [0.15, 0.2) is 30.3 Å². The second kappa shape index (κ2) is 5.76. The standard InChI is InChI=1S/C16H21N3O2/c1-11(12-7-8-12)17-16(21)18-13-9-15(20)19(10-13)14-5-3-2-4-6-14/h2-6,11-13H,7-10H2,1H3,(H2,17,18,21). The van der Waals surface area contributed by atoms with Crippen molar-refractivity contribution >= 4 is 17.6 Å². The Labute approximate surface area is 124 Å². The lowest BCUT2D eigenvalue weighted by molar-refractivity contribution is -0.117. The van der Waals surface area contributed by atoms with Gasteiger partial charge in [-0.15, -0.1) is 0 Å². The van der Waals surface area contributed by atoms with E-state index in [4.69, 9.17) is 0 Å². The van der Waals surface area contributed by atoms with E-state index in [0.717, 1.165) is 5.69 Å². The first-order chi connectivity index (χ1) is 10.1. The van der Waals surface area contributed by atoms with Crippen molar-refractivity contribution in [3.8, 4) is 0 Å². The fraction of sp³-hybridized carbons (Fsp3) is 0.500. The zero-order valence-corrected chi connectivity index (χ0v) is 12.2. The molecule has 112 valence electrons. The first-order valence-corrected chi connectivity index (χ1v) is 7.56. The molecule has 1 aliphatic heterocycles. The summed E-state index contributed by atoms with van der Waals surface area (Å²) in [5.41, 5.74) is 0.888. The first-order valence-electron chi connectivity index (χ1n) is 7.56. The Bertz CT molecular complexity index is 528. The second-order valence-corrected chi connectivity index (χ2v) is 5.98. The van der Waals surface area contributed by atoms with Crippen LogP contribution >= 0.6 is 0 Å². The summed E-state index contributed by atoms with van der Waals surface area (Å²) in [6, 6.07) is 9.50. The molecular formula is C16H21N3O2. The molecule has 2 fully saturated rings. The predicted molar refractivity (Wildman–Crippen MR) is 81.1 cm³/mol. The molecule has 0 bridgehead atoms. The molecule has 21 heavy (non-hydrogen) atoms. The van der Waals surface area contributed by atoms with E-state index in [-0.39, 0.29) is 24.0 Å². The molecule has 1 aromatic carbocycles. The van der Waals surface area contributed by atoms with Crippen LogP contribution in [-0.4, -0.2) is 30.6 Å². The SMILES string of the molecule is CC(NC(=O)NC1CC(=O)N(c2ccccc2)C1)C1CC1. The van der Waals surface area contributed by atoms with Crippen molar-refractivity contribution in [2.24, 2.45) is 5.92 Å². The third-order valence-corrected chi connectivity index (χ3v) is 4.22. The molecule has 5 nitrogen and oxygen atoms in total. The molecule has 1 aliphatic carbocycles. The van der Waals surface area contributed by atoms with E-state index in [2.05, 4.69) is 10.6 Å². The number of carbonyl (C=O) groups excluding carboxylic acids is 2. The molecule has 2 atom stereocenters. The van der Waals surface area contributed by atoms with Crippen molar-refractivity contribution < 1.29 is 9.59 Å². The van der Waals surface area contributed by atoms with Gasteiger partial charge in [-0.05, 0) is 37.8 Å². The maximum Gasteiger partial charge on any atom is 0.315 e. The minimum atomic E-state index is -0.165. The highest BCUT2D eigenvalue weighted by Crippen LogP contribution is 2.32. The average molecular weight is 287 g/mol. The number of carbonyl (C=O) groups is 2. The van der Waals surface area contributed by atoms with E-state index in [1.54, 1.807) is 4.90 Å². The molecule has 0 aromatic heterocycles. The van der Waals surface area contributed by atoms with Gasteiger partial charge in [0.25, 0.3) is 0 Å². The monoisotopic (exact) mass is 287 g/mol. The smallest absolute Gasteiger partial charge is 0.315 e. The molecule has 3 rings (SSSR count). The fourth-order valence-corrected chi connectivity index (χ4v) is 2.81. The van der Waals surface area contributed by atoms with Gasteiger partial charge in [-0.3, -0.25) is 4.79 Å². The minimum absolute atomic E-state index is 0.0572. The highest BCUT2D eigenvalue weighted by molar-refractivity contribution is 5.96. The molecular weight excluding hydrogens is 266 g/mol. The van der Waals surface area contributed by atoms with E-state index in [0.29, 0.717) is 18.9 Å². The van der Waals surface area contributed by atoms with Gasteiger partial charge in [0.15, 0.2) is 0 Å². The Morgan fingerprint density at radius 1 is 1.29 bits per heavy atom. The third kappa shape index (κ3) is 3.35. The predicted octanol–water partition coefficient (Wildman–Crippen LogP) is 1.89. The zero-order chi connectivity index (χ0) is 14.8. The maximum absolute atomic E-state index is 12.1. The van der Waals surface area contributed by atoms with Gasteiger partial charge in [0.1, 0.15) is 0 Å². The molecule has 1 heterocycles. The number of urea groups is 1. The number of hydrogen-bond donors (Lipinski definition) is 2. The molecule has 0 spiro atoms. The summed E-state index contributed by atoms with van der Waals surface area (Å²) >= 11 is 0. The van der Waals surface area contributed by atoms with Crippen LogP contribution in [-0.2, 0) is 4.79 Å². The number of anilines is 1. The number of rotatable bonds is 4. The fourth-order valence-electron chi connectivity index (χ4n) is 2.81. The number of para-hydroxylation sites is 1. The van der Waals surface area contributed by atoms with Crippen LogP contribution in [0.2, 0.25) is 0 Å². The Balaban J connectivity index is 1.53. The zero-order valence-electron chi connectivity index (χ0n) is 12.2. The number of hydrogen-bond acceptors (Lipinski definition) is 2. The summed E-state index contributed by atoms with van der Waals surface area (Å²) in [6.07, 6.45) is 2.76. The first kappa shape index (κ1) is 13.9. The molecule has 1 saturated heterocycles. The summed E-state index contributed by atoms with van der Waals surface area (Å²) in [7, 11) is 0. The number of amides is 3. The van der Waals surface area contributed by atoms with Crippen LogP contribution in [0.5, 0.6) is 0 Å². The Kier molecular flexibility index (Phi) is 3.82. The number of benzene rings is 1. The number of nitrogens with zero attached hydrogens (tertiary/aromatic N) is 1. The molecule has 2 aliphatic rings. The van der Waals surface area contributed by atoms with E-state index < -0.39 is 0 Å². The van der Waals surface area contributed by atoms with Gasteiger partial charge in [-0.25, -0.2) is 4.79 Å². The molecule has 1 aromatic rings. The Morgan fingerprint density at radius 3 is 2.67 bits per heavy atom. The Morgan fingerprint density at radius 2 is 2.00 bits per heavy atom. The quantitative estimate of drug-likeness (QED) is 0.888. The van der Waals surface area contributed by atoms with Gasteiger partial charge < -0.3 is 15.5 Å². The van der Waals surface area contributed by atoms with Gasteiger partial charge in [-0.1, -0.05) is 18.2 Å². The van der Waals surface area contributed by atoms with Crippen molar-refractivity contribution in [2.45, 2.75) is 38.3 Å². The lowest BCUT2D eigenvalue weighted by atomic mass is 10.2. The highest BCUT2D eigenvalue weighted by Gasteiger charge is 2.33. The summed E-state index contributed by atoms with van der Waals surface area (Å²) in [5.74, 6) is 0.684. The third-order valence-electron chi connectivity index (χ3n) is 4.22. The van der Waals surface area contributed by atoms with Crippen LogP contribution in [0.25, 0.3) is 0 Å².